The van der Waals surface area contributed by atoms with Crippen LogP contribution in [0.5, 0.6) is 0 Å². The van der Waals surface area contributed by atoms with E-state index in [1.54, 1.807) is 23.5 Å². The van der Waals surface area contributed by atoms with Crippen LogP contribution < -0.4 is 15.4 Å². The number of piperazine rings is 1. The van der Waals surface area contributed by atoms with Crippen molar-refractivity contribution >= 4 is 51.8 Å². The highest BCUT2D eigenvalue weighted by atomic mass is 32.2. The Kier molecular flexibility index (Phi) is 9.26. The topological polar surface area (TPSA) is 81.8 Å². The number of anilines is 2. The van der Waals surface area contributed by atoms with Gasteiger partial charge in [-0.2, -0.15) is 5.26 Å². The summed E-state index contributed by atoms with van der Waals surface area (Å²) >= 11 is 6.72. The zero-order valence-corrected chi connectivity index (χ0v) is 23.7. The van der Waals surface area contributed by atoms with Gasteiger partial charge < -0.3 is 14.5 Å². The van der Waals surface area contributed by atoms with Crippen molar-refractivity contribution in [1.29, 1.82) is 5.26 Å². The summed E-state index contributed by atoms with van der Waals surface area (Å²) in [6.07, 6.45) is 3.55. The van der Waals surface area contributed by atoms with Crippen LogP contribution in [0.15, 0.2) is 40.0 Å². The molecule has 10 heteroatoms. The second-order valence-electron chi connectivity index (χ2n) is 9.30. The van der Waals surface area contributed by atoms with Gasteiger partial charge >= 0.3 is 0 Å². The number of thioether (sulfide) groups is 1. The first-order valence-electron chi connectivity index (χ1n) is 12.9. The average Bonchev–Trinajstić information content (AvgIpc) is 3.20. The van der Waals surface area contributed by atoms with Gasteiger partial charge in [-0.25, -0.2) is 0 Å². The number of amides is 1. The fourth-order valence-corrected chi connectivity index (χ4v) is 6.12. The molecular weight excluding hydrogens is 518 g/mol. The number of pyridine rings is 1. The predicted molar refractivity (Wildman–Crippen MR) is 158 cm³/mol. The van der Waals surface area contributed by atoms with Crippen molar-refractivity contribution in [3.05, 3.63) is 62.3 Å². The summed E-state index contributed by atoms with van der Waals surface area (Å²) in [5.74, 6) is 0.593. The number of methoxy groups -OCH3 is 1. The standard InChI is InChI=1S/C28H33N5O3S2/c1-4-5-11-32-25(31-14-12-30(13-15-31)21-9-7-6-8-10-21)22(20(2)23(19-29)26(32)34)18-24-27(35)33(16-17-36-3)28(37)38-24/h6-10,18H,4-5,11-17H2,1-3H3/b24-18-. The first-order valence-corrected chi connectivity index (χ1v) is 14.1. The van der Waals surface area contributed by atoms with Gasteiger partial charge in [0, 0.05) is 51.1 Å². The van der Waals surface area contributed by atoms with E-state index < -0.39 is 0 Å². The number of hydrogen-bond acceptors (Lipinski definition) is 8. The second-order valence-corrected chi connectivity index (χ2v) is 11.0. The van der Waals surface area contributed by atoms with Crippen molar-refractivity contribution < 1.29 is 9.53 Å². The van der Waals surface area contributed by atoms with Crippen molar-refractivity contribution in [1.82, 2.24) is 9.47 Å². The summed E-state index contributed by atoms with van der Waals surface area (Å²) in [4.78, 5) is 33.4. The van der Waals surface area contributed by atoms with Gasteiger partial charge in [-0.05, 0) is 37.1 Å². The third-order valence-corrected chi connectivity index (χ3v) is 8.33. The molecule has 0 bridgehead atoms. The van der Waals surface area contributed by atoms with Crippen molar-refractivity contribution in [2.24, 2.45) is 0 Å². The van der Waals surface area contributed by atoms with E-state index in [1.807, 2.05) is 24.3 Å². The van der Waals surface area contributed by atoms with Crippen LogP contribution in [0.25, 0.3) is 6.08 Å². The quantitative estimate of drug-likeness (QED) is 0.342. The number of nitrogens with zero attached hydrogens (tertiary/aromatic N) is 5. The van der Waals surface area contributed by atoms with Gasteiger partial charge in [-0.3, -0.25) is 19.1 Å². The summed E-state index contributed by atoms with van der Waals surface area (Å²) in [5, 5.41) is 9.91. The molecule has 2 aromatic rings. The highest BCUT2D eigenvalue weighted by Crippen LogP contribution is 2.36. The number of hydrogen-bond donors (Lipinski definition) is 0. The lowest BCUT2D eigenvalue weighted by Gasteiger charge is -2.39. The molecule has 0 N–H and O–H groups in total. The molecule has 2 fully saturated rings. The lowest BCUT2D eigenvalue weighted by Crippen LogP contribution is -2.48. The first kappa shape index (κ1) is 27.9. The molecule has 1 aromatic carbocycles. The third-order valence-electron chi connectivity index (χ3n) is 6.95. The van der Waals surface area contributed by atoms with Crippen molar-refractivity contribution in [2.75, 3.05) is 56.2 Å². The summed E-state index contributed by atoms with van der Waals surface area (Å²) in [5.41, 5.74) is 2.34. The first-order chi connectivity index (χ1) is 18.4. The molecule has 2 saturated heterocycles. The van der Waals surface area contributed by atoms with Crippen LogP contribution in [-0.4, -0.2) is 66.1 Å². The Morgan fingerprint density at radius 3 is 2.42 bits per heavy atom. The summed E-state index contributed by atoms with van der Waals surface area (Å²) < 4.78 is 7.36. The van der Waals surface area contributed by atoms with Gasteiger partial charge in [0.1, 0.15) is 21.8 Å². The number of rotatable bonds is 9. The Labute approximate surface area is 233 Å². The predicted octanol–water partition coefficient (Wildman–Crippen LogP) is 4.00. The van der Waals surface area contributed by atoms with E-state index in [2.05, 4.69) is 34.9 Å². The van der Waals surface area contributed by atoms with E-state index in [1.165, 1.54) is 17.4 Å². The minimum absolute atomic E-state index is 0.119. The molecule has 3 heterocycles. The van der Waals surface area contributed by atoms with Crippen LogP contribution >= 0.6 is 24.0 Å². The van der Waals surface area contributed by atoms with Gasteiger partial charge in [0.25, 0.3) is 11.5 Å². The number of carbonyl (C=O) groups is 1. The number of carbonyl (C=O) groups excluding carboxylic acids is 1. The molecular formula is C28H33N5O3S2. The zero-order valence-electron chi connectivity index (χ0n) is 22.1. The second kappa shape index (κ2) is 12.6. The van der Waals surface area contributed by atoms with Crippen molar-refractivity contribution in [2.45, 2.75) is 33.2 Å². The van der Waals surface area contributed by atoms with Crippen molar-refractivity contribution in [3.63, 3.8) is 0 Å². The minimum Gasteiger partial charge on any atom is -0.383 e. The van der Waals surface area contributed by atoms with Crippen LogP contribution in [0.1, 0.15) is 36.5 Å². The molecule has 38 heavy (non-hydrogen) atoms. The molecule has 4 rings (SSSR count). The number of aromatic nitrogens is 1. The molecule has 0 radical (unpaired) electrons. The largest absolute Gasteiger partial charge is 0.383 e. The van der Waals surface area contributed by atoms with Crippen LogP contribution in [0.2, 0.25) is 0 Å². The SMILES string of the molecule is CCCCn1c(N2CCN(c3ccccc3)CC2)c(/C=C2\SC(=S)N(CCOC)C2=O)c(C)c(C#N)c1=O. The smallest absolute Gasteiger partial charge is 0.270 e. The maximum atomic E-state index is 13.5. The normalized spacial score (nSPS) is 17.0. The summed E-state index contributed by atoms with van der Waals surface area (Å²) in [6, 6.07) is 12.4. The fraction of sp³-hybridized carbons (Fsp3) is 0.429. The number of ether oxygens (including phenoxy) is 1. The Hall–Kier alpha value is -3.13. The van der Waals surface area contributed by atoms with Crippen LogP contribution in [0, 0.1) is 18.3 Å². The molecule has 2 aliphatic rings. The van der Waals surface area contributed by atoms with Crippen LogP contribution in [-0.2, 0) is 16.1 Å². The van der Waals surface area contributed by atoms with Gasteiger partial charge in [0.2, 0.25) is 0 Å². The van der Waals surface area contributed by atoms with E-state index in [9.17, 15) is 14.9 Å². The lowest BCUT2D eigenvalue weighted by atomic mass is 10.0. The molecule has 0 atom stereocenters. The highest BCUT2D eigenvalue weighted by molar-refractivity contribution is 8.26. The number of nitriles is 1. The molecule has 0 spiro atoms. The maximum absolute atomic E-state index is 13.5. The molecule has 1 amide bonds. The van der Waals surface area contributed by atoms with Crippen LogP contribution in [0.4, 0.5) is 11.5 Å². The Morgan fingerprint density at radius 2 is 1.79 bits per heavy atom. The van der Waals surface area contributed by atoms with Crippen molar-refractivity contribution in [3.8, 4) is 6.07 Å². The van der Waals surface area contributed by atoms with Gasteiger partial charge in [0.05, 0.1) is 18.1 Å². The third kappa shape index (κ3) is 5.65. The Bertz CT molecular complexity index is 1320. The Morgan fingerprint density at radius 1 is 1.11 bits per heavy atom. The number of benzene rings is 1. The molecule has 200 valence electrons. The fourth-order valence-electron chi connectivity index (χ4n) is 4.83. The van der Waals surface area contributed by atoms with E-state index >= 15 is 0 Å². The average molecular weight is 552 g/mol. The molecule has 0 saturated carbocycles. The number of thiocarbonyl (C=S) groups is 1. The maximum Gasteiger partial charge on any atom is 0.270 e. The van der Waals surface area contributed by atoms with E-state index in [0.717, 1.165) is 37.3 Å². The van der Waals surface area contributed by atoms with Gasteiger partial charge in [-0.1, -0.05) is 55.5 Å². The number of unbranched alkanes of at least 4 members (excludes halogenated alkanes) is 1. The van der Waals surface area contributed by atoms with E-state index in [-0.39, 0.29) is 17.0 Å². The molecule has 0 unspecified atom stereocenters. The van der Waals surface area contributed by atoms with E-state index in [4.69, 9.17) is 17.0 Å². The van der Waals surface area contributed by atoms with E-state index in [0.29, 0.717) is 47.6 Å². The van der Waals surface area contributed by atoms with Gasteiger partial charge in [0.15, 0.2) is 0 Å². The molecule has 1 aromatic heterocycles. The summed E-state index contributed by atoms with van der Waals surface area (Å²) in [7, 11) is 1.59. The highest BCUT2D eigenvalue weighted by Gasteiger charge is 2.33. The Balaban J connectivity index is 1.78. The van der Waals surface area contributed by atoms with Crippen LogP contribution in [0.3, 0.4) is 0 Å². The molecule has 2 aliphatic heterocycles. The van der Waals surface area contributed by atoms with Gasteiger partial charge in [-0.15, -0.1) is 0 Å². The molecule has 8 nitrogen and oxygen atoms in total. The summed E-state index contributed by atoms with van der Waals surface area (Å²) in [6.45, 7) is 8.16. The zero-order chi connectivity index (χ0) is 27.2. The molecule has 0 aliphatic carbocycles. The minimum atomic E-state index is -0.274. The number of para-hydroxylation sites is 1. The monoisotopic (exact) mass is 551 g/mol. The lowest BCUT2D eigenvalue weighted by molar-refractivity contribution is -0.122.